The molecule has 6 heteroatoms. The van der Waals surface area contributed by atoms with Crippen LogP contribution in [-0.4, -0.2) is 28.4 Å². The lowest BCUT2D eigenvalue weighted by molar-refractivity contribution is 0.218. The Labute approximate surface area is 157 Å². The number of thioether (sulfide) groups is 1. The smallest absolute Gasteiger partial charge is 0.247 e. The minimum Gasteiger partial charge on any atom is -0.419 e. The van der Waals surface area contributed by atoms with Crippen LogP contribution < -0.4 is 0 Å². The molecule has 4 nitrogen and oxygen atoms in total. The molecule has 3 aromatic rings. The molecule has 0 unspecified atom stereocenters. The van der Waals surface area contributed by atoms with Crippen LogP contribution in [0.5, 0.6) is 0 Å². The van der Waals surface area contributed by atoms with Crippen LogP contribution in [0.1, 0.15) is 24.4 Å². The van der Waals surface area contributed by atoms with Crippen LogP contribution in [0, 0.1) is 0 Å². The summed E-state index contributed by atoms with van der Waals surface area (Å²) in [5.41, 5.74) is 2.08. The fraction of sp³-hybridized carbons (Fsp3) is 0.263. The molecule has 0 aliphatic carbocycles. The largest absolute Gasteiger partial charge is 0.419 e. The van der Waals surface area contributed by atoms with Gasteiger partial charge in [-0.2, -0.15) is 0 Å². The second-order valence-electron chi connectivity index (χ2n) is 5.89. The molecule has 0 saturated carbocycles. The second kappa shape index (κ2) is 8.04. The van der Waals surface area contributed by atoms with Crippen molar-refractivity contribution in [2.75, 3.05) is 13.3 Å². The highest BCUT2D eigenvalue weighted by atomic mass is 35.5. The number of aromatic nitrogens is 2. The van der Waals surface area contributed by atoms with E-state index in [9.17, 15) is 0 Å². The third kappa shape index (κ3) is 4.42. The zero-order valence-corrected chi connectivity index (χ0v) is 16.0. The van der Waals surface area contributed by atoms with Crippen molar-refractivity contribution in [2.45, 2.75) is 24.4 Å². The Balaban J connectivity index is 1.70. The van der Waals surface area contributed by atoms with Crippen LogP contribution in [0.3, 0.4) is 0 Å². The predicted molar refractivity (Wildman–Crippen MR) is 103 cm³/mol. The molecule has 2 aromatic carbocycles. The third-order valence-electron chi connectivity index (χ3n) is 4.12. The number of rotatable bonds is 6. The molecule has 0 fully saturated rings. The Morgan fingerprint density at radius 1 is 1.16 bits per heavy atom. The molecular weight excluding hydrogens is 354 g/mol. The summed E-state index contributed by atoms with van der Waals surface area (Å²) in [7, 11) is 2.05. The summed E-state index contributed by atoms with van der Waals surface area (Å²) in [6.07, 6.45) is 2.08. The van der Waals surface area contributed by atoms with Crippen LogP contribution >= 0.6 is 23.4 Å². The Morgan fingerprint density at radius 3 is 2.60 bits per heavy atom. The first-order valence-electron chi connectivity index (χ1n) is 7.99. The molecule has 0 amide bonds. The zero-order valence-electron chi connectivity index (χ0n) is 14.4. The van der Waals surface area contributed by atoms with Crippen LogP contribution in [0.2, 0.25) is 5.02 Å². The Kier molecular flexibility index (Phi) is 5.78. The standard InChI is InChI=1S/C19H20ClN3OS/c1-13(23(2)12-14-7-9-17(25-3)10-8-14)18-21-22-19(24-18)15-5-4-6-16(20)11-15/h4-11,13H,12H2,1-3H3/t13-/m1/s1. The van der Waals surface area contributed by atoms with Crippen LogP contribution in [-0.2, 0) is 6.54 Å². The molecule has 3 rings (SSSR count). The van der Waals surface area contributed by atoms with Crippen molar-refractivity contribution in [1.82, 2.24) is 15.1 Å². The highest BCUT2D eigenvalue weighted by Gasteiger charge is 2.19. The summed E-state index contributed by atoms with van der Waals surface area (Å²) in [5.74, 6) is 1.08. The lowest BCUT2D eigenvalue weighted by atomic mass is 10.2. The topological polar surface area (TPSA) is 42.2 Å². The number of nitrogens with zero attached hydrogens (tertiary/aromatic N) is 3. The summed E-state index contributed by atoms with van der Waals surface area (Å²) in [6.45, 7) is 2.87. The minimum absolute atomic E-state index is 0.0145. The third-order valence-corrected chi connectivity index (χ3v) is 5.10. The fourth-order valence-electron chi connectivity index (χ4n) is 2.49. The van der Waals surface area contributed by atoms with E-state index in [1.54, 1.807) is 11.8 Å². The maximum atomic E-state index is 6.03. The van der Waals surface area contributed by atoms with Crippen molar-refractivity contribution in [3.05, 3.63) is 65.0 Å². The first-order chi connectivity index (χ1) is 12.1. The van der Waals surface area contributed by atoms with Crippen LogP contribution in [0.25, 0.3) is 11.5 Å². The van der Waals surface area contributed by atoms with E-state index in [-0.39, 0.29) is 6.04 Å². The summed E-state index contributed by atoms with van der Waals surface area (Å²) < 4.78 is 5.86. The summed E-state index contributed by atoms with van der Waals surface area (Å²) >= 11 is 7.77. The van der Waals surface area contributed by atoms with Crippen molar-refractivity contribution in [3.63, 3.8) is 0 Å². The van der Waals surface area contributed by atoms with Crippen molar-refractivity contribution >= 4 is 23.4 Å². The number of hydrogen-bond donors (Lipinski definition) is 0. The van der Waals surface area contributed by atoms with Gasteiger partial charge >= 0.3 is 0 Å². The molecule has 0 N–H and O–H groups in total. The van der Waals surface area contributed by atoms with Gasteiger partial charge < -0.3 is 4.42 Å². The normalized spacial score (nSPS) is 12.5. The molecular formula is C19H20ClN3OS. The second-order valence-corrected chi connectivity index (χ2v) is 7.21. The van der Waals surface area contributed by atoms with Gasteiger partial charge in [-0.25, -0.2) is 0 Å². The molecule has 0 saturated heterocycles. The quantitative estimate of drug-likeness (QED) is 0.548. The molecule has 1 atom stereocenters. The number of halogens is 1. The molecule has 25 heavy (non-hydrogen) atoms. The monoisotopic (exact) mass is 373 g/mol. The van der Waals surface area contributed by atoms with Crippen LogP contribution in [0.4, 0.5) is 0 Å². The molecule has 0 radical (unpaired) electrons. The van der Waals surface area contributed by atoms with Gasteiger partial charge in [0.05, 0.1) is 6.04 Å². The van der Waals surface area contributed by atoms with Gasteiger partial charge in [-0.15, -0.1) is 22.0 Å². The minimum atomic E-state index is 0.0145. The van der Waals surface area contributed by atoms with E-state index < -0.39 is 0 Å². The highest BCUT2D eigenvalue weighted by Crippen LogP contribution is 2.26. The summed E-state index contributed by atoms with van der Waals surface area (Å²) in [5, 5.41) is 9.01. The zero-order chi connectivity index (χ0) is 17.8. The molecule has 0 aliphatic rings. The fourth-order valence-corrected chi connectivity index (χ4v) is 3.08. The van der Waals surface area contributed by atoms with Gasteiger partial charge in [0.2, 0.25) is 11.8 Å². The highest BCUT2D eigenvalue weighted by molar-refractivity contribution is 7.98. The number of benzene rings is 2. The van der Waals surface area contributed by atoms with E-state index >= 15 is 0 Å². The van der Waals surface area contributed by atoms with Crippen molar-refractivity contribution in [3.8, 4) is 11.5 Å². The summed E-state index contributed by atoms with van der Waals surface area (Å²) in [6, 6.07) is 16.0. The van der Waals surface area contributed by atoms with E-state index in [4.69, 9.17) is 16.0 Å². The van der Waals surface area contributed by atoms with Gasteiger partial charge in [-0.05, 0) is 56.1 Å². The average Bonchev–Trinajstić information content (AvgIpc) is 3.12. The van der Waals surface area contributed by atoms with Gasteiger partial charge in [-0.1, -0.05) is 29.8 Å². The van der Waals surface area contributed by atoms with E-state index in [1.807, 2.05) is 24.3 Å². The van der Waals surface area contributed by atoms with E-state index in [2.05, 4.69) is 59.6 Å². The van der Waals surface area contributed by atoms with Crippen LogP contribution in [0.15, 0.2) is 57.8 Å². The van der Waals surface area contributed by atoms with Gasteiger partial charge in [0.15, 0.2) is 0 Å². The Bertz CT molecular complexity index is 835. The molecule has 0 spiro atoms. The maximum absolute atomic E-state index is 6.03. The van der Waals surface area contributed by atoms with Crippen molar-refractivity contribution in [2.24, 2.45) is 0 Å². The Hall–Kier alpha value is -1.82. The van der Waals surface area contributed by atoms with Crippen molar-refractivity contribution < 1.29 is 4.42 Å². The lowest BCUT2D eigenvalue weighted by Gasteiger charge is -2.21. The molecule has 1 aromatic heterocycles. The predicted octanol–water partition coefficient (Wildman–Crippen LogP) is 5.30. The van der Waals surface area contributed by atoms with E-state index in [0.29, 0.717) is 16.8 Å². The van der Waals surface area contributed by atoms with Gasteiger partial charge in [0, 0.05) is 22.0 Å². The molecule has 0 aliphatic heterocycles. The van der Waals surface area contributed by atoms with Gasteiger partial charge in [0.25, 0.3) is 0 Å². The average molecular weight is 374 g/mol. The maximum Gasteiger partial charge on any atom is 0.247 e. The van der Waals surface area contributed by atoms with Crippen molar-refractivity contribution in [1.29, 1.82) is 0 Å². The van der Waals surface area contributed by atoms with E-state index in [1.165, 1.54) is 10.5 Å². The summed E-state index contributed by atoms with van der Waals surface area (Å²) in [4.78, 5) is 3.45. The number of hydrogen-bond acceptors (Lipinski definition) is 5. The molecule has 1 heterocycles. The first kappa shape index (κ1) is 18.0. The van der Waals surface area contributed by atoms with Gasteiger partial charge in [0.1, 0.15) is 0 Å². The first-order valence-corrected chi connectivity index (χ1v) is 9.59. The Morgan fingerprint density at radius 2 is 1.92 bits per heavy atom. The lowest BCUT2D eigenvalue weighted by Crippen LogP contribution is -2.22. The molecule has 130 valence electrons. The SMILES string of the molecule is CSc1ccc(CN(C)[C@H](C)c2nnc(-c3cccc(Cl)c3)o2)cc1. The molecule has 0 bridgehead atoms. The van der Waals surface area contributed by atoms with Gasteiger partial charge in [-0.3, -0.25) is 4.90 Å². The van der Waals surface area contributed by atoms with E-state index in [0.717, 1.165) is 12.1 Å².